The van der Waals surface area contributed by atoms with Gasteiger partial charge in [0.15, 0.2) is 5.43 Å². The van der Waals surface area contributed by atoms with Crippen LogP contribution >= 0.6 is 0 Å². The van der Waals surface area contributed by atoms with Gasteiger partial charge in [0.1, 0.15) is 22.7 Å². The highest BCUT2D eigenvalue weighted by atomic mass is 19.3. The minimum Gasteiger partial charge on any atom is -0.381 e. The van der Waals surface area contributed by atoms with Crippen LogP contribution in [0.3, 0.4) is 0 Å². The van der Waals surface area contributed by atoms with E-state index in [1.165, 1.54) is 30.5 Å². The van der Waals surface area contributed by atoms with Crippen LogP contribution in [-0.4, -0.2) is 33.5 Å². The number of aromatic nitrogens is 3. The fourth-order valence-corrected chi connectivity index (χ4v) is 3.30. The highest BCUT2D eigenvalue weighted by Gasteiger charge is 2.19. The number of H-pyrrole nitrogens is 1. The van der Waals surface area contributed by atoms with Gasteiger partial charge in [-0.15, -0.1) is 0 Å². The molecule has 0 atom stereocenters. The molecule has 1 aliphatic heterocycles. The highest BCUT2D eigenvalue weighted by molar-refractivity contribution is 6.03. The first-order chi connectivity index (χ1) is 13.5. The van der Waals surface area contributed by atoms with Crippen LogP contribution in [0.2, 0.25) is 0 Å². The number of fused-ring (bicyclic) bond motifs is 1. The first-order valence-corrected chi connectivity index (χ1v) is 8.90. The number of alkyl halides is 2. The SMILES string of the molecule is O=C(Nc1cccc(C(F)F)n1)c1cn2cc(C3CCOCC3)[nH]c2cc1=O. The summed E-state index contributed by atoms with van der Waals surface area (Å²) in [5.74, 6) is -0.432. The third-order valence-electron chi connectivity index (χ3n) is 4.77. The third kappa shape index (κ3) is 3.65. The number of carbonyl (C=O) groups is 1. The fraction of sp³-hybridized carbons (Fsp3) is 0.316. The van der Waals surface area contributed by atoms with Gasteiger partial charge in [0.2, 0.25) is 0 Å². The maximum absolute atomic E-state index is 12.8. The molecule has 28 heavy (non-hydrogen) atoms. The first kappa shape index (κ1) is 18.3. The Labute approximate surface area is 158 Å². The van der Waals surface area contributed by atoms with E-state index in [4.69, 9.17) is 4.74 Å². The van der Waals surface area contributed by atoms with Gasteiger partial charge in [0, 0.05) is 43.3 Å². The molecule has 3 aromatic heterocycles. The zero-order chi connectivity index (χ0) is 19.7. The lowest BCUT2D eigenvalue weighted by Crippen LogP contribution is -2.22. The Balaban J connectivity index is 1.60. The second-order valence-electron chi connectivity index (χ2n) is 6.64. The summed E-state index contributed by atoms with van der Waals surface area (Å²) in [5, 5.41) is 2.41. The van der Waals surface area contributed by atoms with Gasteiger partial charge in [-0.25, -0.2) is 13.8 Å². The summed E-state index contributed by atoms with van der Waals surface area (Å²) in [4.78, 5) is 31.8. The summed E-state index contributed by atoms with van der Waals surface area (Å²) in [5.41, 5.74) is 0.548. The zero-order valence-corrected chi connectivity index (χ0v) is 14.8. The number of anilines is 1. The molecule has 7 nitrogen and oxygen atoms in total. The third-order valence-corrected chi connectivity index (χ3v) is 4.77. The Hall–Kier alpha value is -3.07. The summed E-state index contributed by atoms with van der Waals surface area (Å²) in [6.07, 6.45) is 2.32. The molecule has 146 valence electrons. The smallest absolute Gasteiger partial charge is 0.280 e. The van der Waals surface area contributed by atoms with Crippen LogP contribution < -0.4 is 10.7 Å². The van der Waals surface area contributed by atoms with Crippen molar-refractivity contribution in [1.29, 1.82) is 0 Å². The minimum atomic E-state index is -2.75. The number of pyridine rings is 2. The van der Waals surface area contributed by atoms with Gasteiger partial charge in [0.25, 0.3) is 12.3 Å². The maximum Gasteiger partial charge on any atom is 0.280 e. The van der Waals surface area contributed by atoms with E-state index in [1.807, 2.05) is 6.20 Å². The fourth-order valence-electron chi connectivity index (χ4n) is 3.30. The quantitative estimate of drug-likeness (QED) is 0.719. The van der Waals surface area contributed by atoms with Crippen LogP contribution in [0.5, 0.6) is 0 Å². The van der Waals surface area contributed by atoms with Crippen molar-refractivity contribution in [3.05, 3.63) is 63.8 Å². The average Bonchev–Trinajstić information content (AvgIpc) is 3.11. The lowest BCUT2D eigenvalue weighted by Gasteiger charge is -2.20. The van der Waals surface area contributed by atoms with Crippen molar-refractivity contribution < 1.29 is 18.3 Å². The summed E-state index contributed by atoms with van der Waals surface area (Å²) in [7, 11) is 0. The Morgan fingerprint density at radius 3 is 2.82 bits per heavy atom. The second kappa shape index (κ2) is 7.51. The molecule has 0 spiro atoms. The maximum atomic E-state index is 12.8. The molecule has 9 heteroatoms. The van der Waals surface area contributed by atoms with Gasteiger partial charge in [-0.2, -0.15) is 0 Å². The second-order valence-corrected chi connectivity index (χ2v) is 6.64. The lowest BCUT2D eigenvalue weighted by atomic mass is 9.97. The van der Waals surface area contributed by atoms with Crippen LogP contribution in [0.1, 0.15) is 46.9 Å². The zero-order valence-electron chi connectivity index (χ0n) is 14.8. The number of halogens is 2. The number of ether oxygens (including phenoxy) is 1. The van der Waals surface area contributed by atoms with Crippen LogP contribution in [0.4, 0.5) is 14.6 Å². The molecule has 0 unspecified atom stereocenters. The van der Waals surface area contributed by atoms with E-state index in [2.05, 4.69) is 15.3 Å². The van der Waals surface area contributed by atoms with Crippen LogP contribution in [0.25, 0.3) is 5.65 Å². The molecule has 0 bridgehead atoms. The van der Waals surface area contributed by atoms with Crippen molar-refractivity contribution in [3.8, 4) is 0 Å². The Morgan fingerprint density at radius 2 is 2.07 bits per heavy atom. The molecule has 1 amide bonds. The molecule has 0 radical (unpaired) electrons. The van der Waals surface area contributed by atoms with Crippen LogP contribution in [-0.2, 0) is 4.74 Å². The van der Waals surface area contributed by atoms with Crippen molar-refractivity contribution in [2.75, 3.05) is 18.5 Å². The van der Waals surface area contributed by atoms with Gasteiger partial charge in [0.05, 0.1) is 0 Å². The monoisotopic (exact) mass is 388 g/mol. The van der Waals surface area contributed by atoms with E-state index in [9.17, 15) is 18.4 Å². The van der Waals surface area contributed by atoms with Gasteiger partial charge in [-0.1, -0.05) is 6.07 Å². The van der Waals surface area contributed by atoms with Gasteiger partial charge in [-0.3, -0.25) is 9.59 Å². The van der Waals surface area contributed by atoms with Gasteiger partial charge < -0.3 is 19.4 Å². The van der Waals surface area contributed by atoms with E-state index in [-0.39, 0.29) is 11.4 Å². The van der Waals surface area contributed by atoms with Crippen LogP contribution in [0, 0.1) is 0 Å². The summed E-state index contributed by atoms with van der Waals surface area (Å²) < 4.78 is 32.6. The van der Waals surface area contributed by atoms with E-state index < -0.39 is 23.5 Å². The van der Waals surface area contributed by atoms with E-state index in [0.29, 0.717) is 24.8 Å². The highest BCUT2D eigenvalue weighted by Crippen LogP contribution is 2.26. The largest absolute Gasteiger partial charge is 0.381 e. The van der Waals surface area contributed by atoms with Gasteiger partial charge in [-0.05, 0) is 25.0 Å². The molecular formula is C19H18F2N4O3. The summed E-state index contributed by atoms with van der Waals surface area (Å²) in [6.45, 7) is 1.38. The molecule has 1 aliphatic rings. The molecule has 0 saturated carbocycles. The molecule has 4 heterocycles. The normalized spacial score (nSPS) is 15.2. The van der Waals surface area contributed by atoms with E-state index in [1.54, 1.807) is 4.40 Å². The van der Waals surface area contributed by atoms with Crippen molar-refractivity contribution in [3.63, 3.8) is 0 Å². The molecule has 1 saturated heterocycles. The Bertz CT molecular complexity index is 1070. The van der Waals surface area contributed by atoms with Crippen molar-refractivity contribution in [2.45, 2.75) is 25.2 Å². The number of imidazole rings is 1. The minimum absolute atomic E-state index is 0.0377. The van der Waals surface area contributed by atoms with Crippen molar-refractivity contribution in [1.82, 2.24) is 14.4 Å². The van der Waals surface area contributed by atoms with Crippen molar-refractivity contribution in [2.24, 2.45) is 0 Å². The summed E-state index contributed by atoms with van der Waals surface area (Å²) >= 11 is 0. The Morgan fingerprint density at radius 1 is 1.29 bits per heavy atom. The number of hydrogen-bond donors (Lipinski definition) is 2. The molecule has 2 N–H and O–H groups in total. The molecule has 3 aromatic rings. The molecule has 1 fully saturated rings. The standard InChI is InChI=1S/C19H18F2N4O3/c20-18(21)13-2-1-3-16(22-13)24-19(27)12-9-25-10-14(11-4-6-28-7-5-11)23-17(25)8-15(12)26/h1-3,8-11,18,23H,4-7H2,(H,22,24,27). The van der Waals surface area contributed by atoms with E-state index in [0.717, 1.165) is 18.5 Å². The number of carbonyl (C=O) groups excluding carboxylic acids is 1. The summed E-state index contributed by atoms with van der Waals surface area (Å²) in [6, 6.07) is 5.27. The predicted octanol–water partition coefficient (Wildman–Crippen LogP) is 3.11. The number of nitrogens with zero attached hydrogens (tertiary/aromatic N) is 2. The predicted molar refractivity (Wildman–Crippen MR) is 98.0 cm³/mol. The Kier molecular flexibility index (Phi) is 4.91. The molecule has 0 aliphatic carbocycles. The number of aromatic amines is 1. The first-order valence-electron chi connectivity index (χ1n) is 8.90. The number of rotatable bonds is 4. The topological polar surface area (TPSA) is 88.5 Å². The number of amides is 1. The molecular weight excluding hydrogens is 370 g/mol. The van der Waals surface area contributed by atoms with Crippen LogP contribution in [0.15, 0.2) is 41.5 Å². The van der Waals surface area contributed by atoms with E-state index >= 15 is 0 Å². The van der Waals surface area contributed by atoms with Crippen molar-refractivity contribution >= 4 is 17.4 Å². The number of nitrogens with one attached hydrogen (secondary N) is 2. The number of hydrogen-bond acceptors (Lipinski definition) is 4. The lowest BCUT2D eigenvalue weighted by molar-refractivity contribution is 0.0846. The van der Waals surface area contributed by atoms with Gasteiger partial charge >= 0.3 is 0 Å². The molecule has 4 rings (SSSR count). The average molecular weight is 388 g/mol. The molecule has 0 aromatic carbocycles.